The molecule has 3 aliphatic rings. The molecule has 2 amide bonds. The lowest BCUT2D eigenvalue weighted by molar-refractivity contribution is -0.146. The molecule has 2 aliphatic heterocycles. The van der Waals surface area contributed by atoms with Gasteiger partial charge in [-0.3, -0.25) is 9.59 Å². The monoisotopic (exact) mass is 354 g/mol. The number of likely N-dealkylation sites (tertiary alicyclic amines) is 2. The van der Waals surface area contributed by atoms with E-state index in [1.807, 2.05) is 11.0 Å². The lowest BCUT2D eigenvalue weighted by Crippen LogP contribution is -2.51. The first-order valence-corrected chi connectivity index (χ1v) is 10.3. The number of piperidine rings is 1. The van der Waals surface area contributed by atoms with E-state index in [1.54, 1.807) is 0 Å². The van der Waals surface area contributed by atoms with Crippen molar-refractivity contribution >= 4 is 11.8 Å². The Morgan fingerprint density at radius 2 is 1.81 bits per heavy atom. The minimum atomic E-state index is -0.302. The number of carbonyl (C=O) groups excluding carboxylic acids is 2. The molecule has 2 saturated heterocycles. The molecule has 1 spiro atoms. The summed E-state index contributed by atoms with van der Waals surface area (Å²) in [5.41, 5.74) is 0.979. The zero-order chi connectivity index (χ0) is 18.0. The molecule has 1 aromatic rings. The van der Waals surface area contributed by atoms with Crippen molar-refractivity contribution in [3.63, 3.8) is 0 Å². The van der Waals surface area contributed by atoms with E-state index < -0.39 is 0 Å². The molecule has 1 atom stereocenters. The van der Waals surface area contributed by atoms with E-state index >= 15 is 0 Å². The van der Waals surface area contributed by atoms with Crippen LogP contribution in [0.3, 0.4) is 0 Å². The molecular weight excluding hydrogens is 324 g/mol. The fraction of sp³-hybridized carbons (Fsp3) is 0.636. The molecule has 0 bridgehead atoms. The van der Waals surface area contributed by atoms with Crippen molar-refractivity contribution in [3.8, 4) is 0 Å². The van der Waals surface area contributed by atoms with Crippen molar-refractivity contribution in [2.75, 3.05) is 26.2 Å². The highest BCUT2D eigenvalue weighted by molar-refractivity contribution is 5.86. The van der Waals surface area contributed by atoms with Gasteiger partial charge in [-0.1, -0.05) is 43.2 Å². The number of carbonyl (C=O) groups is 2. The minimum Gasteiger partial charge on any atom is -0.342 e. The Morgan fingerprint density at radius 1 is 1.04 bits per heavy atom. The third kappa shape index (κ3) is 3.38. The van der Waals surface area contributed by atoms with E-state index in [0.717, 1.165) is 58.2 Å². The molecule has 1 unspecified atom stereocenters. The Bertz CT molecular complexity index is 653. The average molecular weight is 354 g/mol. The normalized spacial score (nSPS) is 26.8. The molecule has 1 aromatic carbocycles. The van der Waals surface area contributed by atoms with Gasteiger partial charge in [0.2, 0.25) is 11.8 Å². The Hall–Kier alpha value is -1.84. The molecule has 4 rings (SSSR count). The van der Waals surface area contributed by atoms with Gasteiger partial charge < -0.3 is 9.80 Å². The van der Waals surface area contributed by atoms with Gasteiger partial charge in [0.25, 0.3) is 0 Å². The molecule has 3 fully saturated rings. The van der Waals surface area contributed by atoms with Gasteiger partial charge in [-0.25, -0.2) is 0 Å². The van der Waals surface area contributed by atoms with E-state index in [4.69, 9.17) is 0 Å². The van der Waals surface area contributed by atoms with E-state index in [0.29, 0.717) is 18.4 Å². The molecule has 2 heterocycles. The molecule has 1 saturated carbocycles. The minimum absolute atomic E-state index is 0.220. The fourth-order valence-corrected chi connectivity index (χ4v) is 5.14. The van der Waals surface area contributed by atoms with Gasteiger partial charge >= 0.3 is 0 Å². The number of amides is 2. The third-order valence-corrected chi connectivity index (χ3v) is 6.71. The lowest BCUT2D eigenvalue weighted by Gasteiger charge is -2.39. The van der Waals surface area contributed by atoms with Crippen molar-refractivity contribution < 1.29 is 9.59 Å². The summed E-state index contributed by atoms with van der Waals surface area (Å²) in [5.74, 6) is 0.827. The van der Waals surface area contributed by atoms with Gasteiger partial charge in [0.05, 0.1) is 5.41 Å². The summed E-state index contributed by atoms with van der Waals surface area (Å²) in [4.78, 5) is 30.1. The van der Waals surface area contributed by atoms with Crippen molar-refractivity contribution in [2.45, 2.75) is 51.4 Å². The Morgan fingerprint density at radius 3 is 2.58 bits per heavy atom. The Kier molecular flexibility index (Phi) is 5.01. The van der Waals surface area contributed by atoms with Crippen LogP contribution >= 0.6 is 0 Å². The van der Waals surface area contributed by atoms with Crippen molar-refractivity contribution in [3.05, 3.63) is 35.9 Å². The van der Waals surface area contributed by atoms with Gasteiger partial charge in [-0.15, -0.1) is 0 Å². The molecule has 140 valence electrons. The van der Waals surface area contributed by atoms with Crippen LogP contribution in [-0.2, 0) is 16.0 Å². The van der Waals surface area contributed by atoms with Gasteiger partial charge in [0.15, 0.2) is 0 Å². The SMILES string of the molecule is O=C(C1CCCC1)N1CCC2(CCCN(CCc3ccccc3)C2=O)C1. The molecule has 4 heteroatoms. The van der Waals surface area contributed by atoms with Crippen LogP contribution in [0.15, 0.2) is 30.3 Å². The summed E-state index contributed by atoms with van der Waals surface area (Å²) in [6.07, 6.45) is 8.22. The highest BCUT2D eigenvalue weighted by Gasteiger charge is 2.49. The predicted octanol–water partition coefficient (Wildman–Crippen LogP) is 3.26. The zero-order valence-corrected chi connectivity index (χ0v) is 15.7. The predicted molar refractivity (Wildman–Crippen MR) is 102 cm³/mol. The van der Waals surface area contributed by atoms with Crippen LogP contribution in [0.2, 0.25) is 0 Å². The highest BCUT2D eigenvalue weighted by atomic mass is 16.2. The summed E-state index contributed by atoms with van der Waals surface area (Å²) in [6, 6.07) is 10.4. The maximum Gasteiger partial charge on any atom is 0.230 e. The number of rotatable bonds is 4. The van der Waals surface area contributed by atoms with Crippen LogP contribution in [0.25, 0.3) is 0 Å². The molecule has 0 radical (unpaired) electrons. The zero-order valence-electron chi connectivity index (χ0n) is 15.7. The van der Waals surface area contributed by atoms with Crippen LogP contribution in [-0.4, -0.2) is 47.8 Å². The molecular formula is C22H30N2O2. The Labute approximate surface area is 156 Å². The molecule has 0 N–H and O–H groups in total. The lowest BCUT2D eigenvalue weighted by atomic mass is 9.78. The standard InChI is InChI=1S/C22H30N2O2/c25-20(19-9-4-5-10-19)24-16-13-22(17-24)12-6-14-23(21(22)26)15-11-18-7-2-1-3-8-18/h1-3,7-8,19H,4-6,9-17H2. The Balaban J connectivity index is 1.38. The molecule has 1 aliphatic carbocycles. The van der Waals surface area contributed by atoms with Crippen LogP contribution in [0.5, 0.6) is 0 Å². The topological polar surface area (TPSA) is 40.6 Å². The van der Waals surface area contributed by atoms with Crippen molar-refractivity contribution in [1.82, 2.24) is 9.80 Å². The smallest absolute Gasteiger partial charge is 0.230 e. The van der Waals surface area contributed by atoms with Gasteiger partial charge in [-0.05, 0) is 44.1 Å². The van der Waals surface area contributed by atoms with Crippen LogP contribution < -0.4 is 0 Å². The summed E-state index contributed by atoms with van der Waals surface area (Å²) in [6.45, 7) is 3.09. The number of nitrogens with zero attached hydrogens (tertiary/aromatic N) is 2. The van der Waals surface area contributed by atoms with E-state index in [9.17, 15) is 9.59 Å². The third-order valence-electron chi connectivity index (χ3n) is 6.71. The molecule has 0 aromatic heterocycles. The summed E-state index contributed by atoms with van der Waals surface area (Å²) >= 11 is 0. The van der Waals surface area contributed by atoms with Crippen LogP contribution in [0.1, 0.15) is 50.5 Å². The number of benzene rings is 1. The van der Waals surface area contributed by atoms with E-state index in [1.165, 1.54) is 18.4 Å². The first-order chi connectivity index (χ1) is 12.7. The van der Waals surface area contributed by atoms with Crippen LogP contribution in [0, 0.1) is 11.3 Å². The maximum atomic E-state index is 13.2. The van der Waals surface area contributed by atoms with E-state index in [-0.39, 0.29) is 11.3 Å². The second-order valence-electron chi connectivity index (χ2n) is 8.40. The van der Waals surface area contributed by atoms with Gasteiger partial charge in [0.1, 0.15) is 0 Å². The second-order valence-corrected chi connectivity index (χ2v) is 8.40. The van der Waals surface area contributed by atoms with Crippen LogP contribution in [0.4, 0.5) is 0 Å². The van der Waals surface area contributed by atoms with Gasteiger partial charge in [-0.2, -0.15) is 0 Å². The maximum absolute atomic E-state index is 13.2. The van der Waals surface area contributed by atoms with E-state index in [2.05, 4.69) is 29.2 Å². The highest BCUT2D eigenvalue weighted by Crippen LogP contribution is 2.41. The largest absolute Gasteiger partial charge is 0.342 e. The second kappa shape index (κ2) is 7.42. The molecule has 26 heavy (non-hydrogen) atoms. The quantitative estimate of drug-likeness (QED) is 0.833. The number of hydrogen-bond donors (Lipinski definition) is 0. The molecule has 4 nitrogen and oxygen atoms in total. The summed E-state index contributed by atoms with van der Waals surface area (Å²) in [7, 11) is 0. The fourth-order valence-electron chi connectivity index (χ4n) is 5.14. The van der Waals surface area contributed by atoms with Gasteiger partial charge in [0, 0.05) is 32.1 Å². The van der Waals surface area contributed by atoms with Crippen molar-refractivity contribution in [2.24, 2.45) is 11.3 Å². The van der Waals surface area contributed by atoms with Crippen molar-refractivity contribution in [1.29, 1.82) is 0 Å². The number of hydrogen-bond acceptors (Lipinski definition) is 2. The first kappa shape index (κ1) is 17.6. The average Bonchev–Trinajstić information content (AvgIpc) is 3.34. The summed E-state index contributed by atoms with van der Waals surface area (Å²) in [5, 5.41) is 0. The summed E-state index contributed by atoms with van der Waals surface area (Å²) < 4.78 is 0. The first-order valence-electron chi connectivity index (χ1n) is 10.3.